The normalized spacial score (nSPS) is 13.0. The van der Waals surface area contributed by atoms with Crippen LogP contribution >= 0.6 is 7.82 Å². The first-order valence-corrected chi connectivity index (χ1v) is 47.6. The van der Waals surface area contributed by atoms with Crippen LogP contribution in [0.2, 0.25) is 0 Å². The van der Waals surface area contributed by atoms with Crippen LogP contribution < -0.4 is 0 Å². The molecule has 0 saturated heterocycles. The van der Waals surface area contributed by atoms with E-state index in [4.69, 9.17) is 18.5 Å². The number of phosphoric ester groups is 1. The molecule has 0 fully saturated rings. The van der Waals surface area contributed by atoms with E-state index in [1.54, 1.807) is 0 Å². The molecular weight excluding hydrogens is 1280 g/mol. The number of ether oxygens (including phenoxy) is 2. The van der Waals surface area contributed by atoms with E-state index in [1.807, 2.05) is 21.1 Å². The molecule has 0 aliphatic heterocycles. The predicted octanol–water partition coefficient (Wildman–Crippen LogP) is 31.1. The van der Waals surface area contributed by atoms with Crippen LogP contribution in [0, 0.1) is 0 Å². The monoisotopic (exact) mass is 1460 g/mol. The zero-order valence-corrected chi connectivity index (χ0v) is 70.5. The van der Waals surface area contributed by atoms with Gasteiger partial charge in [-0.1, -0.05) is 449 Å². The maximum absolute atomic E-state index is 13.0. The average molecular weight is 1460 g/mol. The van der Waals surface area contributed by atoms with Crippen molar-refractivity contribution in [2.24, 2.45) is 0 Å². The van der Waals surface area contributed by atoms with Crippen molar-refractivity contribution in [3.8, 4) is 0 Å². The van der Waals surface area contributed by atoms with Crippen molar-refractivity contribution in [2.75, 3.05) is 47.5 Å². The number of likely N-dealkylation sites (N-methyl/N-ethyl adjacent to an activating group) is 1. The Kier molecular flexibility index (Phi) is 82.3. The Morgan fingerprint density at radius 3 is 0.725 bits per heavy atom. The molecule has 10 heteroatoms. The molecule has 102 heavy (non-hydrogen) atoms. The summed E-state index contributed by atoms with van der Waals surface area (Å²) in [5.74, 6) is -0.765. The van der Waals surface area contributed by atoms with E-state index in [-0.39, 0.29) is 25.6 Å². The summed E-state index contributed by atoms with van der Waals surface area (Å²) in [7, 11) is 1.51. The Balaban J connectivity index is 3.82. The lowest BCUT2D eigenvalue weighted by atomic mass is 10.0. The van der Waals surface area contributed by atoms with E-state index >= 15 is 0 Å². The minimum Gasteiger partial charge on any atom is -0.462 e. The van der Waals surface area contributed by atoms with Crippen LogP contribution in [0.3, 0.4) is 0 Å². The van der Waals surface area contributed by atoms with Gasteiger partial charge in [-0.15, -0.1) is 0 Å². The third-order valence-electron chi connectivity index (χ3n) is 21.5. The fourth-order valence-electron chi connectivity index (χ4n) is 14.4. The molecular formula is C92H181NO8P+. The van der Waals surface area contributed by atoms with Gasteiger partial charge in [0, 0.05) is 12.8 Å². The lowest BCUT2D eigenvalue weighted by molar-refractivity contribution is -0.870. The van der Waals surface area contributed by atoms with Crippen LogP contribution in [-0.4, -0.2) is 74.9 Å². The number of hydrogen-bond donors (Lipinski definition) is 1. The van der Waals surface area contributed by atoms with E-state index in [1.165, 1.54) is 437 Å². The molecule has 0 aromatic heterocycles. The van der Waals surface area contributed by atoms with Crippen molar-refractivity contribution in [2.45, 2.75) is 508 Å². The number of hydrogen-bond acceptors (Lipinski definition) is 7. The zero-order valence-electron chi connectivity index (χ0n) is 69.7. The van der Waals surface area contributed by atoms with Crippen molar-refractivity contribution in [3.63, 3.8) is 0 Å². The van der Waals surface area contributed by atoms with Crippen LogP contribution in [-0.2, 0) is 32.7 Å². The van der Waals surface area contributed by atoms with Gasteiger partial charge in [0.05, 0.1) is 27.7 Å². The highest BCUT2D eigenvalue weighted by atomic mass is 31.2. The molecule has 0 amide bonds. The predicted molar refractivity (Wildman–Crippen MR) is 446 cm³/mol. The van der Waals surface area contributed by atoms with Gasteiger partial charge >= 0.3 is 19.8 Å². The number of rotatable bonds is 88. The number of carbonyl (C=O) groups is 2. The van der Waals surface area contributed by atoms with Gasteiger partial charge in [0.25, 0.3) is 0 Å². The number of carbonyl (C=O) groups excluding carboxylic acids is 2. The van der Waals surface area contributed by atoms with Crippen LogP contribution in [0.25, 0.3) is 0 Å². The Bertz CT molecular complexity index is 1770. The molecule has 0 spiro atoms. The van der Waals surface area contributed by atoms with Crippen molar-refractivity contribution >= 4 is 19.8 Å². The second kappa shape index (κ2) is 83.5. The number of nitrogens with zero attached hydrogens (tertiary/aromatic N) is 1. The molecule has 606 valence electrons. The van der Waals surface area contributed by atoms with Gasteiger partial charge in [0.2, 0.25) is 0 Å². The average Bonchev–Trinajstić information content (AvgIpc) is 0.935. The second-order valence-corrected chi connectivity index (χ2v) is 34.5. The number of phosphoric acid groups is 1. The topological polar surface area (TPSA) is 108 Å². The molecule has 0 radical (unpaired) electrons. The first-order chi connectivity index (χ1) is 50.0. The van der Waals surface area contributed by atoms with E-state index in [9.17, 15) is 19.0 Å². The lowest BCUT2D eigenvalue weighted by Gasteiger charge is -2.24. The number of allylic oxidation sites excluding steroid dienone is 4. The Hall–Kier alpha value is -1.51. The SMILES string of the molecule is CCCCCCCCCC/C=C\CCCCCCCCCCCCCCCCCCCCCCCCCCCCCC(=O)OCC(COP(=O)(O)OCC[N+](C)(C)C)OC(=O)CCCCCCCCCCCCCCCCCCCCCCCCCCCCC/C=C\CCCCCCCCCC. The van der Waals surface area contributed by atoms with Crippen molar-refractivity contribution in [1.29, 1.82) is 0 Å². The third kappa shape index (κ3) is 87.4. The molecule has 0 aromatic rings. The maximum Gasteiger partial charge on any atom is 0.472 e. The van der Waals surface area contributed by atoms with Gasteiger partial charge in [-0.3, -0.25) is 18.6 Å². The summed E-state index contributed by atoms with van der Waals surface area (Å²) >= 11 is 0. The summed E-state index contributed by atoms with van der Waals surface area (Å²) in [5.41, 5.74) is 0. The van der Waals surface area contributed by atoms with E-state index in [0.717, 1.165) is 38.5 Å². The smallest absolute Gasteiger partial charge is 0.462 e. The summed E-state index contributed by atoms with van der Waals surface area (Å²) in [5, 5.41) is 0. The van der Waals surface area contributed by atoms with Gasteiger partial charge in [-0.2, -0.15) is 0 Å². The molecule has 1 N–H and O–H groups in total. The van der Waals surface area contributed by atoms with Gasteiger partial charge in [0.1, 0.15) is 19.8 Å². The Morgan fingerprint density at radius 2 is 0.500 bits per heavy atom. The first kappa shape index (κ1) is 100. The largest absolute Gasteiger partial charge is 0.472 e. The fraction of sp³-hybridized carbons (Fsp3) is 0.935. The van der Waals surface area contributed by atoms with Crippen molar-refractivity contribution < 1.29 is 42.1 Å². The molecule has 0 heterocycles. The van der Waals surface area contributed by atoms with Gasteiger partial charge in [-0.25, -0.2) is 4.57 Å². The highest BCUT2D eigenvalue weighted by Crippen LogP contribution is 2.43. The molecule has 9 nitrogen and oxygen atoms in total. The summed E-state index contributed by atoms with van der Waals surface area (Å²) in [4.78, 5) is 36.1. The summed E-state index contributed by atoms with van der Waals surface area (Å²) in [6.45, 7) is 4.53. The van der Waals surface area contributed by atoms with Crippen LogP contribution in [0.1, 0.15) is 502 Å². The highest BCUT2D eigenvalue weighted by molar-refractivity contribution is 7.47. The Morgan fingerprint density at radius 1 is 0.294 bits per heavy atom. The Labute approximate surface area is 638 Å². The minimum absolute atomic E-state index is 0.0367. The molecule has 0 rings (SSSR count). The fourth-order valence-corrected chi connectivity index (χ4v) is 15.2. The van der Waals surface area contributed by atoms with E-state index < -0.39 is 26.5 Å². The number of unbranched alkanes of at least 4 members (excludes halogenated alkanes) is 70. The quantitative estimate of drug-likeness (QED) is 0.0211. The highest BCUT2D eigenvalue weighted by Gasteiger charge is 2.27. The zero-order chi connectivity index (χ0) is 74.0. The molecule has 2 unspecified atom stereocenters. The molecule has 0 aromatic carbocycles. The van der Waals surface area contributed by atoms with Crippen LogP contribution in [0.5, 0.6) is 0 Å². The summed E-state index contributed by atoms with van der Waals surface area (Å²) in [6, 6.07) is 0. The lowest BCUT2D eigenvalue weighted by Crippen LogP contribution is -2.37. The molecule has 0 saturated carbocycles. The van der Waals surface area contributed by atoms with Gasteiger partial charge in [0.15, 0.2) is 6.10 Å². The number of quaternary nitrogens is 1. The van der Waals surface area contributed by atoms with Crippen molar-refractivity contribution in [3.05, 3.63) is 24.3 Å². The van der Waals surface area contributed by atoms with E-state index in [0.29, 0.717) is 17.4 Å². The molecule has 0 aliphatic carbocycles. The minimum atomic E-state index is -4.39. The second-order valence-electron chi connectivity index (χ2n) is 33.0. The van der Waals surface area contributed by atoms with Crippen molar-refractivity contribution in [1.82, 2.24) is 0 Å². The molecule has 2 atom stereocenters. The maximum atomic E-state index is 13.0. The summed E-state index contributed by atoms with van der Waals surface area (Å²) < 4.78 is 34.9. The van der Waals surface area contributed by atoms with Crippen LogP contribution in [0.15, 0.2) is 24.3 Å². The van der Waals surface area contributed by atoms with E-state index in [2.05, 4.69) is 38.2 Å². The molecule has 0 bridgehead atoms. The summed E-state index contributed by atoms with van der Waals surface area (Å²) in [6.07, 6.45) is 110. The standard InChI is InChI=1S/C92H180NO8P/c1-6-8-10-12-14-16-18-20-22-24-26-28-30-32-34-36-38-40-42-44-46-48-50-52-54-56-58-60-62-64-66-68-70-72-74-76-78-80-82-84-91(94)98-88-90(89-100-102(96,97)99-87-86-93(3,4)5)101-92(95)85-83-81-79-77-75-73-71-69-67-65-63-61-59-57-55-53-51-49-47-45-43-41-39-37-35-33-31-29-27-25-23-21-19-17-15-13-11-9-7-2/h24-27,90H,6-23,28-89H2,1-5H3/p+1/b26-24-,27-25-. The first-order valence-electron chi connectivity index (χ1n) is 46.1. The van der Waals surface area contributed by atoms with Gasteiger partial charge < -0.3 is 18.9 Å². The number of esters is 2. The van der Waals surface area contributed by atoms with Crippen LogP contribution in [0.4, 0.5) is 0 Å². The molecule has 0 aliphatic rings. The third-order valence-corrected chi connectivity index (χ3v) is 22.4. The van der Waals surface area contributed by atoms with Gasteiger partial charge in [-0.05, 0) is 64.2 Å².